The Balaban J connectivity index is 2.07. The number of amides is 1. The topological polar surface area (TPSA) is 103 Å². The van der Waals surface area contributed by atoms with Crippen molar-refractivity contribution in [3.63, 3.8) is 0 Å². The maximum atomic E-state index is 12.3. The molecule has 0 aliphatic carbocycles. The number of nitro groups is 1. The molecule has 0 aliphatic rings. The molecule has 1 unspecified atom stereocenters. The Morgan fingerprint density at radius 2 is 1.85 bits per heavy atom. The predicted molar refractivity (Wildman–Crippen MR) is 99.4 cm³/mol. The molecular weight excluding hydrogens is 362 g/mol. The normalized spacial score (nSPS) is 11.4. The second-order valence-corrected chi connectivity index (χ2v) is 5.75. The fourth-order valence-corrected chi connectivity index (χ4v) is 2.42. The van der Waals surface area contributed by atoms with Crippen molar-refractivity contribution in [3.05, 3.63) is 51.5 Å². The molecule has 0 bridgehead atoms. The first-order valence-electron chi connectivity index (χ1n) is 7.59. The third-order valence-corrected chi connectivity index (χ3v) is 3.89. The van der Waals surface area contributed by atoms with E-state index in [0.29, 0.717) is 22.9 Å². The Morgan fingerprint density at radius 3 is 2.42 bits per heavy atom. The van der Waals surface area contributed by atoms with Gasteiger partial charge in [-0.2, -0.15) is 0 Å². The monoisotopic (exact) mass is 379 g/mol. The molecule has 2 aromatic carbocycles. The van der Waals surface area contributed by atoms with Crippen molar-refractivity contribution < 1.29 is 19.2 Å². The lowest BCUT2D eigenvalue weighted by atomic mass is 10.2. The van der Waals surface area contributed by atoms with Gasteiger partial charge in [-0.25, -0.2) is 0 Å². The fraction of sp³-hybridized carbons (Fsp3) is 0.235. The average molecular weight is 380 g/mol. The molecule has 0 aliphatic heterocycles. The molecule has 138 valence electrons. The van der Waals surface area contributed by atoms with Gasteiger partial charge in [-0.15, -0.1) is 0 Å². The van der Waals surface area contributed by atoms with Crippen LogP contribution in [0.5, 0.6) is 11.5 Å². The Hall–Kier alpha value is -3.00. The lowest BCUT2D eigenvalue weighted by molar-refractivity contribution is -0.384. The van der Waals surface area contributed by atoms with Gasteiger partial charge in [-0.1, -0.05) is 11.6 Å². The minimum Gasteiger partial charge on any atom is -0.493 e. The zero-order valence-electron chi connectivity index (χ0n) is 14.4. The maximum absolute atomic E-state index is 12.3. The first-order valence-corrected chi connectivity index (χ1v) is 7.97. The van der Waals surface area contributed by atoms with E-state index in [2.05, 4.69) is 10.6 Å². The van der Waals surface area contributed by atoms with Crippen LogP contribution < -0.4 is 20.1 Å². The van der Waals surface area contributed by atoms with E-state index >= 15 is 0 Å². The highest BCUT2D eigenvalue weighted by molar-refractivity contribution is 6.34. The molecule has 2 aromatic rings. The van der Waals surface area contributed by atoms with Crippen LogP contribution in [0, 0.1) is 10.1 Å². The molecule has 1 amide bonds. The molecule has 0 heterocycles. The quantitative estimate of drug-likeness (QED) is 0.561. The number of nitro benzene ring substituents is 1. The first-order chi connectivity index (χ1) is 12.3. The van der Waals surface area contributed by atoms with Crippen molar-refractivity contribution in [2.24, 2.45) is 0 Å². The number of hydrogen-bond donors (Lipinski definition) is 2. The summed E-state index contributed by atoms with van der Waals surface area (Å²) in [7, 11) is 3.06. The summed E-state index contributed by atoms with van der Waals surface area (Å²) < 4.78 is 10.4. The Kier molecular flexibility index (Phi) is 6.24. The van der Waals surface area contributed by atoms with E-state index in [9.17, 15) is 14.9 Å². The second-order valence-electron chi connectivity index (χ2n) is 5.35. The summed E-state index contributed by atoms with van der Waals surface area (Å²) in [4.78, 5) is 22.5. The summed E-state index contributed by atoms with van der Waals surface area (Å²) in [5.41, 5.74) is 0.813. The first kappa shape index (κ1) is 19.3. The van der Waals surface area contributed by atoms with Crippen LogP contribution in [0.15, 0.2) is 36.4 Å². The third-order valence-electron chi connectivity index (χ3n) is 3.58. The molecule has 2 rings (SSSR count). The number of nitrogens with zero attached hydrogens (tertiary/aromatic N) is 1. The minimum absolute atomic E-state index is 0.0888. The van der Waals surface area contributed by atoms with E-state index < -0.39 is 11.0 Å². The Bertz CT molecular complexity index is 828. The Labute approximate surface area is 155 Å². The van der Waals surface area contributed by atoms with Gasteiger partial charge >= 0.3 is 0 Å². The van der Waals surface area contributed by atoms with Gasteiger partial charge in [-0.05, 0) is 25.1 Å². The van der Waals surface area contributed by atoms with E-state index in [1.807, 2.05) is 0 Å². The lowest BCUT2D eigenvalue weighted by Crippen LogP contribution is -2.31. The van der Waals surface area contributed by atoms with Gasteiger partial charge in [0.1, 0.15) is 6.04 Å². The predicted octanol–water partition coefficient (Wildman–Crippen LogP) is 3.70. The van der Waals surface area contributed by atoms with E-state index in [1.54, 1.807) is 25.1 Å². The van der Waals surface area contributed by atoms with Crippen LogP contribution in [-0.2, 0) is 4.79 Å². The number of ether oxygens (including phenoxy) is 2. The van der Waals surface area contributed by atoms with E-state index in [1.165, 1.54) is 32.4 Å². The van der Waals surface area contributed by atoms with Crippen molar-refractivity contribution in [2.75, 3.05) is 24.9 Å². The number of benzene rings is 2. The zero-order valence-corrected chi connectivity index (χ0v) is 15.2. The smallest absolute Gasteiger partial charge is 0.271 e. The van der Waals surface area contributed by atoms with Crippen molar-refractivity contribution in [2.45, 2.75) is 13.0 Å². The van der Waals surface area contributed by atoms with Gasteiger partial charge in [0, 0.05) is 23.9 Å². The molecule has 0 spiro atoms. The largest absolute Gasteiger partial charge is 0.493 e. The lowest BCUT2D eigenvalue weighted by Gasteiger charge is -2.17. The fourth-order valence-electron chi connectivity index (χ4n) is 2.20. The van der Waals surface area contributed by atoms with Crippen molar-refractivity contribution in [1.29, 1.82) is 0 Å². The zero-order chi connectivity index (χ0) is 19.3. The number of non-ortho nitro benzene ring substituents is 1. The standard InChI is InChI=1S/C17H18ClN3O5/c1-10(19-11-4-7-15(25-2)16(8-11)26-3)17(22)20-14-6-5-12(21(23)24)9-13(14)18/h4-10,19H,1-3H3,(H,20,22). The van der Waals surface area contributed by atoms with Crippen LogP contribution >= 0.6 is 11.6 Å². The van der Waals surface area contributed by atoms with Crippen LogP contribution in [0.3, 0.4) is 0 Å². The van der Waals surface area contributed by atoms with Crippen LogP contribution in [0.1, 0.15) is 6.92 Å². The summed E-state index contributed by atoms with van der Waals surface area (Å²) in [6, 6.07) is 8.43. The van der Waals surface area contributed by atoms with Crippen LogP contribution in [0.4, 0.5) is 17.1 Å². The molecule has 8 nitrogen and oxygen atoms in total. The van der Waals surface area contributed by atoms with Gasteiger partial charge in [0.25, 0.3) is 5.69 Å². The number of methoxy groups -OCH3 is 2. The molecule has 2 N–H and O–H groups in total. The van der Waals surface area contributed by atoms with Crippen LogP contribution in [0.2, 0.25) is 5.02 Å². The maximum Gasteiger partial charge on any atom is 0.271 e. The molecule has 0 radical (unpaired) electrons. The van der Waals surface area contributed by atoms with Gasteiger partial charge in [-0.3, -0.25) is 14.9 Å². The number of carbonyl (C=O) groups excluding carboxylic acids is 1. The van der Waals surface area contributed by atoms with Gasteiger partial charge in [0.15, 0.2) is 11.5 Å². The number of anilines is 2. The second kappa shape index (κ2) is 8.39. The van der Waals surface area contributed by atoms with Crippen molar-refractivity contribution in [1.82, 2.24) is 0 Å². The molecule has 26 heavy (non-hydrogen) atoms. The van der Waals surface area contributed by atoms with E-state index in [4.69, 9.17) is 21.1 Å². The number of halogens is 1. The number of nitrogens with one attached hydrogen (secondary N) is 2. The van der Waals surface area contributed by atoms with Gasteiger partial charge in [0.2, 0.25) is 5.91 Å². The SMILES string of the molecule is COc1ccc(NC(C)C(=O)Nc2ccc([N+](=O)[O-])cc2Cl)cc1OC. The summed E-state index contributed by atoms with van der Waals surface area (Å²) in [5.74, 6) is 0.756. The molecule has 0 aromatic heterocycles. The van der Waals surface area contributed by atoms with E-state index in [-0.39, 0.29) is 16.6 Å². The molecule has 0 saturated carbocycles. The highest BCUT2D eigenvalue weighted by Gasteiger charge is 2.17. The van der Waals surface area contributed by atoms with Crippen molar-refractivity contribution in [3.8, 4) is 11.5 Å². The molecule has 0 saturated heterocycles. The Morgan fingerprint density at radius 1 is 1.15 bits per heavy atom. The van der Waals surface area contributed by atoms with Gasteiger partial charge < -0.3 is 20.1 Å². The minimum atomic E-state index is -0.598. The van der Waals surface area contributed by atoms with Crippen molar-refractivity contribution >= 4 is 34.6 Å². The number of rotatable bonds is 7. The highest BCUT2D eigenvalue weighted by Crippen LogP contribution is 2.30. The molecule has 9 heteroatoms. The average Bonchev–Trinajstić information content (AvgIpc) is 2.62. The summed E-state index contributed by atoms with van der Waals surface area (Å²) in [5, 5.41) is 16.5. The summed E-state index contributed by atoms with van der Waals surface area (Å²) >= 11 is 5.99. The summed E-state index contributed by atoms with van der Waals surface area (Å²) in [6.07, 6.45) is 0. The summed E-state index contributed by atoms with van der Waals surface area (Å²) in [6.45, 7) is 1.67. The molecular formula is C17H18ClN3O5. The van der Waals surface area contributed by atoms with Crippen LogP contribution in [0.25, 0.3) is 0 Å². The highest BCUT2D eigenvalue weighted by atomic mass is 35.5. The molecule has 1 atom stereocenters. The van der Waals surface area contributed by atoms with Crippen LogP contribution in [-0.4, -0.2) is 31.1 Å². The van der Waals surface area contributed by atoms with E-state index in [0.717, 1.165) is 0 Å². The molecule has 0 fully saturated rings. The van der Waals surface area contributed by atoms with Gasteiger partial charge in [0.05, 0.1) is 29.9 Å². The number of carbonyl (C=O) groups is 1. The third kappa shape index (κ3) is 4.54. The number of hydrogen-bond acceptors (Lipinski definition) is 6.